The van der Waals surface area contributed by atoms with Crippen LogP contribution in [0.2, 0.25) is 0 Å². The average Bonchev–Trinajstić information content (AvgIpc) is 2.68. The van der Waals surface area contributed by atoms with Crippen LogP contribution in [-0.2, 0) is 10.5 Å². The molecule has 138 valence electrons. The van der Waals surface area contributed by atoms with Gasteiger partial charge in [-0.3, -0.25) is 0 Å². The third kappa shape index (κ3) is 4.55. The maximum Gasteiger partial charge on any atom is 0.322 e. The molecule has 26 heavy (non-hydrogen) atoms. The summed E-state index contributed by atoms with van der Waals surface area (Å²) in [6, 6.07) is 13.5. The third-order valence-corrected chi connectivity index (χ3v) is 5.29. The number of carbonyl (C=O) groups is 1. The Hall–Kier alpha value is -2.09. The molecule has 5 nitrogen and oxygen atoms in total. The Morgan fingerprint density at radius 2 is 2.04 bits per heavy atom. The van der Waals surface area contributed by atoms with Crippen LogP contribution >= 0.6 is 11.8 Å². The Balaban J connectivity index is 1.68. The van der Waals surface area contributed by atoms with Gasteiger partial charge in [0.25, 0.3) is 0 Å². The fourth-order valence-electron chi connectivity index (χ4n) is 2.73. The summed E-state index contributed by atoms with van der Waals surface area (Å²) in [6.07, 6.45) is 0. The van der Waals surface area contributed by atoms with E-state index in [0.717, 1.165) is 4.90 Å². The summed E-state index contributed by atoms with van der Waals surface area (Å²) in [5.74, 6) is 0.233. The van der Waals surface area contributed by atoms with Crippen molar-refractivity contribution in [3.8, 4) is 0 Å². The number of aliphatic hydroxyl groups excluding tert-OH is 1. The molecule has 1 fully saturated rings. The zero-order valence-electron chi connectivity index (χ0n) is 14.2. The van der Waals surface area contributed by atoms with Crippen molar-refractivity contribution >= 4 is 23.5 Å². The first-order valence-electron chi connectivity index (χ1n) is 8.40. The van der Waals surface area contributed by atoms with Crippen molar-refractivity contribution < 1.29 is 19.0 Å². The number of rotatable bonds is 5. The Morgan fingerprint density at radius 1 is 1.27 bits per heavy atom. The molecule has 1 aliphatic heterocycles. The molecule has 1 aliphatic rings. The molecule has 1 heterocycles. The third-order valence-electron chi connectivity index (χ3n) is 4.17. The number of nitrogens with one attached hydrogen (secondary N) is 1. The zero-order valence-corrected chi connectivity index (χ0v) is 15.0. The molecular formula is C19H21FN2O3S. The molecule has 0 radical (unpaired) electrons. The van der Waals surface area contributed by atoms with Crippen LogP contribution in [0.5, 0.6) is 0 Å². The van der Waals surface area contributed by atoms with E-state index in [4.69, 9.17) is 4.74 Å². The maximum absolute atomic E-state index is 13.8. The number of urea groups is 1. The maximum atomic E-state index is 13.8. The average molecular weight is 376 g/mol. The molecule has 2 amide bonds. The predicted octanol–water partition coefficient (Wildman–Crippen LogP) is 3.34. The number of anilines is 1. The van der Waals surface area contributed by atoms with E-state index < -0.39 is 0 Å². The summed E-state index contributed by atoms with van der Waals surface area (Å²) < 4.78 is 19.1. The van der Waals surface area contributed by atoms with E-state index in [0.29, 0.717) is 36.8 Å². The van der Waals surface area contributed by atoms with Crippen LogP contribution in [0.25, 0.3) is 0 Å². The van der Waals surface area contributed by atoms with Crippen molar-refractivity contribution in [3.05, 3.63) is 59.9 Å². The Bertz CT molecular complexity index is 759. The molecule has 1 saturated heterocycles. The Morgan fingerprint density at radius 3 is 2.85 bits per heavy atom. The minimum atomic E-state index is -0.345. The highest BCUT2D eigenvalue weighted by atomic mass is 32.2. The highest BCUT2D eigenvalue weighted by Gasteiger charge is 2.27. The molecule has 0 bridgehead atoms. The van der Waals surface area contributed by atoms with Crippen LogP contribution in [-0.4, -0.2) is 48.4 Å². The zero-order chi connectivity index (χ0) is 18.4. The van der Waals surface area contributed by atoms with E-state index in [1.165, 1.54) is 17.8 Å². The minimum Gasteiger partial charge on any atom is -0.394 e. The van der Waals surface area contributed by atoms with Crippen molar-refractivity contribution in [1.82, 2.24) is 4.90 Å². The van der Waals surface area contributed by atoms with Crippen LogP contribution in [0.15, 0.2) is 53.4 Å². The molecule has 2 N–H and O–H groups in total. The number of aliphatic hydroxyl groups is 1. The predicted molar refractivity (Wildman–Crippen MR) is 99.8 cm³/mol. The minimum absolute atomic E-state index is 0.142. The summed E-state index contributed by atoms with van der Waals surface area (Å²) in [5.41, 5.74) is 1.29. The van der Waals surface area contributed by atoms with Crippen LogP contribution in [0.3, 0.4) is 0 Å². The van der Waals surface area contributed by atoms with Crippen molar-refractivity contribution in [2.24, 2.45) is 0 Å². The smallest absolute Gasteiger partial charge is 0.322 e. The molecule has 1 atom stereocenters. The highest BCUT2D eigenvalue weighted by Crippen LogP contribution is 2.30. The molecule has 2 aromatic rings. The van der Waals surface area contributed by atoms with Crippen molar-refractivity contribution in [2.75, 3.05) is 31.7 Å². The van der Waals surface area contributed by atoms with Crippen molar-refractivity contribution in [3.63, 3.8) is 0 Å². The summed E-state index contributed by atoms with van der Waals surface area (Å²) in [4.78, 5) is 15.0. The van der Waals surface area contributed by atoms with Gasteiger partial charge in [-0.25, -0.2) is 9.18 Å². The summed E-state index contributed by atoms with van der Waals surface area (Å²) in [7, 11) is 0. The number of hydrogen-bond acceptors (Lipinski definition) is 4. The van der Waals surface area contributed by atoms with Crippen molar-refractivity contribution in [2.45, 2.75) is 16.7 Å². The van der Waals surface area contributed by atoms with Gasteiger partial charge in [-0.05, 0) is 23.8 Å². The van der Waals surface area contributed by atoms with Gasteiger partial charge in [0.1, 0.15) is 5.82 Å². The second-order valence-electron chi connectivity index (χ2n) is 5.91. The van der Waals surface area contributed by atoms with Crippen LogP contribution in [0.4, 0.5) is 14.9 Å². The number of nitrogens with zero attached hydrogens (tertiary/aromatic N) is 1. The van der Waals surface area contributed by atoms with E-state index in [-0.39, 0.29) is 24.5 Å². The number of benzene rings is 2. The van der Waals surface area contributed by atoms with Crippen LogP contribution in [0.1, 0.15) is 5.56 Å². The quantitative estimate of drug-likeness (QED) is 0.786. The monoisotopic (exact) mass is 376 g/mol. The number of halogens is 1. The number of carbonyl (C=O) groups excluding carboxylic acids is 1. The van der Waals surface area contributed by atoms with Gasteiger partial charge in [0.05, 0.1) is 31.5 Å². The standard InChI is InChI=1S/C19H21FN2O3S/c20-16-6-2-1-5-14(16)13-26-18-8-4-3-7-17(18)21-19(24)22-9-10-25-12-15(22)11-23/h1-8,15,23H,9-13H2,(H,21,24)/t15-/m0/s1. The number of amides is 2. The molecule has 0 saturated carbocycles. The van der Waals surface area contributed by atoms with Gasteiger partial charge in [-0.15, -0.1) is 11.8 Å². The molecule has 2 aromatic carbocycles. The van der Waals surface area contributed by atoms with Gasteiger partial charge in [0, 0.05) is 17.2 Å². The number of ether oxygens (including phenoxy) is 1. The first kappa shape index (κ1) is 18.7. The topological polar surface area (TPSA) is 61.8 Å². The van der Waals surface area contributed by atoms with Gasteiger partial charge >= 0.3 is 6.03 Å². The van der Waals surface area contributed by atoms with E-state index >= 15 is 0 Å². The lowest BCUT2D eigenvalue weighted by Gasteiger charge is -2.34. The lowest BCUT2D eigenvalue weighted by Crippen LogP contribution is -2.52. The first-order valence-corrected chi connectivity index (χ1v) is 9.39. The Labute approximate surface area is 156 Å². The van der Waals surface area contributed by atoms with Gasteiger partial charge in [0.2, 0.25) is 0 Å². The number of morpholine rings is 1. The van der Waals surface area contributed by atoms with E-state index in [9.17, 15) is 14.3 Å². The Kier molecular flexibility index (Phi) is 6.49. The van der Waals surface area contributed by atoms with Gasteiger partial charge in [-0.1, -0.05) is 30.3 Å². The molecule has 7 heteroatoms. The van der Waals surface area contributed by atoms with Gasteiger partial charge < -0.3 is 20.1 Å². The first-order chi connectivity index (χ1) is 12.7. The second-order valence-corrected chi connectivity index (χ2v) is 6.93. The normalized spacial score (nSPS) is 17.2. The fourth-order valence-corrected chi connectivity index (χ4v) is 3.72. The number of para-hydroxylation sites is 1. The van der Waals surface area contributed by atoms with Crippen LogP contribution < -0.4 is 5.32 Å². The fraction of sp³-hybridized carbons (Fsp3) is 0.316. The second kappa shape index (κ2) is 9.02. The molecule has 0 aliphatic carbocycles. The lowest BCUT2D eigenvalue weighted by atomic mass is 10.2. The molecular weight excluding hydrogens is 355 g/mol. The molecule has 0 unspecified atom stereocenters. The molecule has 0 spiro atoms. The molecule has 3 rings (SSSR count). The summed E-state index contributed by atoms with van der Waals surface area (Å²) >= 11 is 1.46. The number of thioether (sulfide) groups is 1. The van der Waals surface area contributed by atoms with Crippen LogP contribution in [0, 0.1) is 5.82 Å². The lowest BCUT2D eigenvalue weighted by molar-refractivity contribution is -0.00485. The largest absolute Gasteiger partial charge is 0.394 e. The van der Waals surface area contributed by atoms with E-state index in [1.54, 1.807) is 23.1 Å². The SMILES string of the molecule is O=C(Nc1ccccc1SCc1ccccc1F)N1CCOC[C@@H]1CO. The molecule has 0 aromatic heterocycles. The summed E-state index contributed by atoms with van der Waals surface area (Å²) in [5, 5.41) is 12.3. The van der Waals surface area contributed by atoms with Crippen molar-refractivity contribution in [1.29, 1.82) is 0 Å². The summed E-state index contributed by atoms with van der Waals surface area (Å²) in [6.45, 7) is 1.07. The van der Waals surface area contributed by atoms with E-state index in [2.05, 4.69) is 5.32 Å². The van der Waals surface area contributed by atoms with Gasteiger partial charge in [0.15, 0.2) is 0 Å². The highest BCUT2D eigenvalue weighted by molar-refractivity contribution is 7.98. The number of hydrogen-bond donors (Lipinski definition) is 2. The van der Waals surface area contributed by atoms with Gasteiger partial charge in [-0.2, -0.15) is 0 Å². The van der Waals surface area contributed by atoms with E-state index in [1.807, 2.05) is 24.3 Å².